The molecule has 1 atom stereocenters. The lowest BCUT2D eigenvalue weighted by atomic mass is 10.00. The van der Waals surface area contributed by atoms with Gasteiger partial charge in [-0.25, -0.2) is 23.1 Å². The first kappa shape index (κ1) is 31.7. The number of amides is 1. The highest BCUT2D eigenvalue weighted by atomic mass is 19.1. The van der Waals surface area contributed by atoms with Crippen molar-refractivity contribution in [1.82, 2.24) is 33.6 Å². The van der Waals surface area contributed by atoms with Gasteiger partial charge in [-0.1, -0.05) is 11.8 Å². The first-order valence-electron chi connectivity index (χ1n) is 15.1. The Morgan fingerprint density at radius 2 is 1.81 bits per heavy atom. The van der Waals surface area contributed by atoms with Gasteiger partial charge in [-0.3, -0.25) is 13.8 Å². The Morgan fingerprint density at radius 3 is 2.51 bits per heavy atom. The Kier molecular flexibility index (Phi) is 7.59. The van der Waals surface area contributed by atoms with Gasteiger partial charge in [0, 0.05) is 38.0 Å². The van der Waals surface area contributed by atoms with E-state index in [4.69, 9.17) is 9.84 Å². The van der Waals surface area contributed by atoms with Crippen LogP contribution >= 0.6 is 0 Å². The fourth-order valence-corrected chi connectivity index (χ4v) is 5.69. The van der Waals surface area contributed by atoms with Crippen molar-refractivity contribution < 1.29 is 23.4 Å². The van der Waals surface area contributed by atoms with Gasteiger partial charge in [-0.15, -0.1) is 0 Å². The number of aryl methyl sites for hydroxylation is 1. The molecule has 1 aliphatic heterocycles. The van der Waals surface area contributed by atoms with Gasteiger partial charge in [-0.05, 0) is 71.9 Å². The average molecular weight is 644 g/mol. The lowest BCUT2D eigenvalue weighted by Gasteiger charge is -2.34. The third kappa shape index (κ3) is 5.81. The smallest absolute Gasteiger partial charge is 0.410 e. The molecule has 1 aliphatic rings. The number of hydrogen-bond donors (Lipinski definition) is 1. The van der Waals surface area contributed by atoms with Crippen LogP contribution < -0.4 is 5.69 Å². The minimum Gasteiger partial charge on any atom is -0.444 e. The van der Waals surface area contributed by atoms with Crippen LogP contribution in [0.3, 0.4) is 0 Å². The molecule has 1 N–H and O–H groups in total. The van der Waals surface area contributed by atoms with Crippen LogP contribution in [0.25, 0.3) is 28.1 Å². The number of aliphatic hydroxyl groups is 1. The largest absolute Gasteiger partial charge is 0.444 e. The molecule has 1 amide bonds. The topological polar surface area (TPSA) is 112 Å². The molecule has 2 aromatic carbocycles. The van der Waals surface area contributed by atoms with Crippen LogP contribution in [0, 0.1) is 23.5 Å². The van der Waals surface area contributed by atoms with Gasteiger partial charge < -0.3 is 14.7 Å². The SMILES string of the molecule is C[C@H]1c2c(nn(-c3ccc(F)c(C#CC(C)(C)O)c3)c2-n2ccn(-c3ccc4c(cnn4C)c3F)c2=O)CCN1C(=O)OC(C)(C)C. The molecule has 0 aliphatic carbocycles. The van der Waals surface area contributed by atoms with E-state index in [1.165, 1.54) is 70.5 Å². The minimum atomic E-state index is -1.36. The van der Waals surface area contributed by atoms with Crippen molar-refractivity contribution >= 4 is 17.0 Å². The van der Waals surface area contributed by atoms with E-state index in [-0.39, 0.29) is 16.6 Å². The lowest BCUT2D eigenvalue weighted by molar-refractivity contribution is 0.0159. The van der Waals surface area contributed by atoms with Gasteiger partial charge in [-0.2, -0.15) is 10.2 Å². The Hall–Kier alpha value is -5.22. The molecule has 0 saturated heterocycles. The molecule has 6 rings (SSSR count). The molecule has 4 heterocycles. The zero-order valence-corrected chi connectivity index (χ0v) is 27.2. The normalized spacial score (nSPS) is 15.0. The number of aromatic nitrogens is 6. The Labute approximate surface area is 269 Å². The number of carbonyl (C=O) groups excluding carboxylic acids is 1. The molecule has 0 spiro atoms. The quantitative estimate of drug-likeness (QED) is 0.279. The molecule has 0 radical (unpaired) electrons. The maximum Gasteiger partial charge on any atom is 0.410 e. The first-order chi connectivity index (χ1) is 22.0. The number of carbonyl (C=O) groups is 1. The monoisotopic (exact) mass is 643 g/mol. The number of fused-ring (bicyclic) bond motifs is 2. The summed E-state index contributed by atoms with van der Waals surface area (Å²) >= 11 is 0. The van der Waals surface area contributed by atoms with E-state index in [1.54, 1.807) is 43.5 Å². The van der Waals surface area contributed by atoms with Crippen LogP contribution in [0.1, 0.15) is 64.4 Å². The third-order valence-corrected chi connectivity index (χ3v) is 7.88. The standard InChI is InChI=1S/C34H35F2N7O4/c1-20-28-25(13-15-40(20)32(45)47-33(2,3)4)38-43(22-8-9-24(35)21(18-22)12-14-34(5,6)46)30(28)42-17-16-41(31(42)44)27-11-10-26-23(29(27)36)19-37-39(26)7/h8-11,16-20,46H,13,15H2,1-7H3/t20-/m0/s1. The van der Waals surface area contributed by atoms with E-state index in [2.05, 4.69) is 16.9 Å². The summed E-state index contributed by atoms with van der Waals surface area (Å²) in [6.07, 6.45) is 4.20. The van der Waals surface area contributed by atoms with Crippen LogP contribution in [0.4, 0.5) is 13.6 Å². The molecule has 11 nitrogen and oxygen atoms in total. The second kappa shape index (κ2) is 11.2. The van der Waals surface area contributed by atoms with E-state index in [0.29, 0.717) is 41.2 Å². The zero-order chi connectivity index (χ0) is 34.0. The van der Waals surface area contributed by atoms with Gasteiger partial charge in [0.15, 0.2) is 5.82 Å². The average Bonchev–Trinajstić information content (AvgIpc) is 3.67. The Morgan fingerprint density at radius 1 is 1.09 bits per heavy atom. The number of nitrogens with zero attached hydrogens (tertiary/aromatic N) is 7. The van der Waals surface area contributed by atoms with Gasteiger partial charge >= 0.3 is 11.8 Å². The van der Waals surface area contributed by atoms with Crippen LogP contribution in [0.2, 0.25) is 0 Å². The summed E-state index contributed by atoms with van der Waals surface area (Å²) < 4.78 is 41.9. The van der Waals surface area contributed by atoms with Gasteiger partial charge in [0.05, 0.1) is 45.8 Å². The number of benzene rings is 2. The number of halogens is 2. The van der Waals surface area contributed by atoms with E-state index >= 15 is 4.39 Å². The zero-order valence-electron chi connectivity index (χ0n) is 27.2. The number of hydrogen-bond acceptors (Lipinski definition) is 6. The molecular weight excluding hydrogens is 608 g/mol. The van der Waals surface area contributed by atoms with Crippen molar-refractivity contribution in [2.75, 3.05) is 6.54 Å². The maximum atomic E-state index is 15.7. The summed E-state index contributed by atoms with van der Waals surface area (Å²) in [6.45, 7) is 10.5. The van der Waals surface area contributed by atoms with E-state index in [0.717, 1.165) is 0 Å². The predicted octanol–water partition coefficient (Wildman–Crippen LogP) is 4.96. The summed E-state index contributed by atoms with van der Waals surface area (Å²) in [4.78, 5) is 29.0. The second-order valence-electron chi connectivity index (χ2n) is 13.1. The molecule has 3 aromatic heterocycles. The summed E-state index contributed by atoms with van der Waals surface area (Å²) in [6, 6.07) is 6.83. The van der Waals surface area contributed by atoms with Crippen LogP contribution in [0.15, 0.2) is 53.7 Å². The van der Waals surface area contributed by atoms with Crippen molar-refractivity contribution in [1.29, 1.82) is 0 Å². The fourth-order valence-electron chi connectivity index (χ4n) is 5.69. The second-order valence-corrected chi connectivity index (χ2v) is 13.1. The van der Waals surface area contributed by atoms with Crippen LogP contribution in [-0.4, -0.2) is 62.5 Å². The fraction of sp³-hybridized carbons (Fsp3) is 0.353. The Bertz CT molecular complexity index is 2170. The molecule has 0 bridgehead atoms. The van der Waals surface area contributed by atoms with E-state index in [9.17, 15) is 19.1 Å². The Balaban J connectivity index is 1.55. The number of imidazole rings is 1. The molecular formula is C34H35F2N7O4. The van der Waals surface area contributed by atoms with Crippen molar-refractivity contribution in [3.63, 3.8) is 0 Å². The summed E-state index contributed by atoms with van der Waals surface area (Å²) in [5, 5.41) is 19.3. The molecule has 0 saturated carbocycles. The predicted molar refractivity (Wildman–Crippen MR) is 171 cm³/mol. The van der Waals surface area contributed by atoms with E-state index in [1.807, 2.05) is 6.92 Å². The number of rotatable bonds is 3. The molecule has 0 unspecified atom stereocenters. The highest BCUT2D eigenvalue weighted by Crippen LogP contribution is 2.36. The van der Waals surface area contributed by atoms with Crippen molar-refractivity contribution in [3.8, 4) is 29.0 Å². The molecule has 0 fully saturated rings. The van der Waals surface area contributed by atoms with Crippen LogP contribution in [-0.2, 0) is 18.2 Å². The van der Waals surface area contributed by atoms with E-state index < -0.39 is 40.7 Å². The van der Waals surface area contributed by atoms with Crippen molar-refractivity contribution in [2.24, 2.45) is 7.05 Å². The maximum absolute atomic E-state index is 15.7. The minimum absolute atomic E-state index is 0.0178. The summed E-state index contributed by atoms with van der Waals surface area (Å²) in [5.74, 6) is 4.40. The highest BCUT2D eigenvalue weighted by Gasteiger charge is 2.37. The summed E-state index contributed by atoms with van der Waals surface area (Å²) in [5.41, 5.74) is -0.469. The highest BCUT2D eigenvalue weighted by molar-refractivity contribution is 5.81. The third-order valence-electron chi connectivity index (χ3n) is 7.88. The summed E-state index contributed by atoms with van der Waals surface area (Å²) in [7, 11) is 1.70. The number of ether oxygens (including phenoxy) is 1. The van der Waals surface area contributed by atoms with Gasteiger partial charge in [0.1, 0.15) is 22.8 Å². The molecule has 13 heteroatoms. The molecule has 244 valence electrons. The van der Waals surface area contributed by atoms with Gasteiger partial charge in [0.2, 0.25) is 0 Å². The van der Waals surface area contributed by atoms with Crippen molar-refractivity contribution in [2.45, 2.75) is 65.2 Å². The molecule has 47 heavy (non-hydrogen) atoms. The molecule has 5 aromatic rings. The van der Waals surface area contributed by atoms with Crippen LogP contribution in [0.5, 0.6) is 0 Å². The van der Waals surface area contributed by atoms with Crippen molar-refractivity contribution in [3.05, 3.63) is 87.9 Å². The van der Waals surface area contributed by atoms with Gasteiger partial charge in [0.25, 0.3) is 0 Å². The first-order valence-corrected chi connectivity index (χ1v) is 15.1. The lowest BCUT2D eigenvalue weighted by Crippen LogP contribution is -2.42.